The Labute approximate surface area is 110 Å². The molecule has 0 saturated heterocycles. The fraction of sp³-hybridized carbons (Fsp3) is 0.385. The second-order valence-corrected chi connectivity index (χ2v) is 4.02. The number of carboxylic acid groups (broad SMARTS) is 1. The second kappa shape index (κ2) is 7.46. The quantitative estimate of drug-likeness (QED) is 0.803. The lowest BCUT2D eigenvalue weighted by Crippen LogP contribution is -2.32. The number of rotatable bonds is 7. The molecule has 0 aliphatic heterocycles. The summed E-state index contributed by atoms with van der Waals surface area (Å²) in [5.41, 5.74) is 0.597. The zero-order valence-corrected chi connectivity index (χ0v) is 10.6. The predicted molar refractivity (Wildman–Crippen MR) is 65.9 cm³/mol. The summed E-state index contributed by atoms with van der Waals surface area (Å²) in [5, 5.41) is 17.4. The van der Waals surface area contributed by atoms with Gasteiger partial charge in [0.05, 0.1) is 24.8 Å². The third kappa shape index (κ3) is 5.04. The average molecular weight is 266 g/mol. The molecule has 1 N–H and O–H groups in total. The van der Waals surface area contributed by atoms with Gasteiger partial charge in [-0.1, -0.05) is 6.07 Å². The van der Waals surface area contributed by atoms with Gasteiger partial charge >= 0.3 is 5.97 Å². The summed E-state index contributed by atoms with van der Waals surface area (Å²) in [5.74, 6) is -1.49. The molecule has 0 aliphatic rings. The van der Waals surface area contributed by atoms with E-state index in [1.165, 1.54) is 19.2 Å². The van der Waals surface area contributed by atoms with Gasteiger partial charge < -0.3 is 9.84 Å². The summed E-state index contributed by atoms with van der Waals surface area (Å²) in [6, 6.07) is 5.99. The first-order chi connectivity index (χ1) is 9.06. The highest BCUT2D eigenvalue weighted by Gasteiger charge is 2.13. The van der Waals surface area contributed by atoms with Gasteiger partial charge in [0, 0.05) is 25.8 Å². The van der Waals surface area contributed by atoms with Crippen LogP contribution in [0.2, 0.25) is 0 Å². The van der Waals surface area contributed by atoms with E-state index in [4.69, 9.17) is 15.1 Å². The molecule has 0 heterocycles. The topological polar surface area (TPSA) is 73.6 Å². The maximum Gasteiger partial charge on any atom is 0.317 e. The normalized spacial score (nSPS) is 10.4. The number of nitrogens with zero attached hydrogens (tertiary/aromatic N) is 2. The van der Waals surface area contributed by atoms with Crippen LogP contribution >= 0.6 is 0 Å². The van der Waals surface area contributed by atoms with E-state index >= 15 is 0 Å². The van der Waals surface area contributed by atoms with Crippen LogP contribution in [0.1, 0.15) is 11.1 Å². The maximum atomic E-state index is 13.7. The fourth-order valence-corrected chi connectivity index (χ4v) is 1.61. The molecule has 0 fully saturated rings. The molecule has 1 aromatic rings. The molecule has 0 amide bonds. The highest BCUT2D eigenvalue weighted by Crippen LogP contribution is 2.12. The predicted octanol–water partition coefficient (Wildman–Crippen LogP) is 1.23. The Morgan fingerprint density at radius 1 is 1.58 bits per heavy atom. The standard InChI is InChI=1S/C13H15FN2O3/c1-19-5-4-16(9-13(17)18)8-11-3-2-10(7-15)6-12(11)14/h2-3,6H,4-5,8-9H2,1H3,(H,17,18). The third-order valence-electron chi connectivity index (χ3n) is 2.55. The molecular formula is C13H15FN2O3. The molecule has 1 rings (SSSR count). The van der Waals surface area contributed by atoms with Crippen LogP contribution in [-0.4, -0.2) is 42.8 Å². The van der Waals surface area contributed by atoms with E-state index in [9.17, 15) is 9.18 Å². The zero-order chi connectivity index (χ0) is 14.3. The highest BCUT2D eigenvalue weighted by atomic mass is 19.1. The van der Waals surface area contributed by atoms with Crippen molar-refractivity contribution < 1.29 is 19.0 Å². The first-order valence-corrected chi connectivity index (χ1v) is 5.68. The van der Waals surface area contributed by atoms with E-state index in [2.05, 4.69) is 0 Å². The molecule has 0 spiro atoms. The van der Waals surface area contributed by atoms with Crippen molar-refractivity contribution in [2.45, 2.75) is 6.54 Å². The number of methoxy groups -OCH3 is 1. The molecule has 19 heavy (non-hydrogen) atoms. The lowest BCUT2D eigenvalue weighted by atomic mass is 10.1. The van der Waals surface area contributed by atoms with Crippen LogP contribution in [0, 0.1) is 17.1 Å². The van der Waals surface area contributed by atoms with E-state index in [1.807, 2.05) is 6.07 Å². The monoisotopic (exact) mass is 266 g/mol. The van der Waals surface area contributed by atoms with E-state index in [0.29, 0.717) is 18.7 Å². The van der Waals surface area contributed by atoms with Crippen LogP contribution in [0.15, 0.2) is 18.2 Å². The number of nitriles is 1. The SMILES string of the molecule is COCCN(CC(=O)O)Cc1ccc(C#N)cc1F. The number of aliphatic carboxylic acids is 1. The lowest BCUT2D eigenvalue weighted by Gasteiger charge is -2.20. The van der Waals surface area contributed by atoms with E-state index < -0.39 is 11.8 Å². The molecule has 5 nitrogen and oxygen atoms in total. The molecule has 6 heteroatoms. The second-order valence-electron chi connectivity index (χ2n) is 4.02. The average Bonchev–Trinajstić information content (AvgIpc) is 2.37. The summed E-state index contributed by atoms with van der Waals surface area (Å²) < 4.78 is 18.6. The van der Waals surface area contributed by atoms with Gasteiger partial charge in [0.25, 0.3) is 0 Å². The number of carbonyl (C=O) groups is 1. The van der Waals surface area contributed by atoms with Crippen molar-refractivity contribution in [3.05, 3.63) is 35.1 Å². The number of halogens is 1. The molecule has 0 aliphatic carbocycles. The maximum absolute atomic E-state index is 13.7. The Hall–Kier alpha value is -1.97. The van der Waals surface area contributed by atoms with Crippen molar-refractivity contribution in [2.75, 3.05) is 26.8 Å². The summed E-state index contributed by atoms with van der Waals surface area (Å²) in [6.07, 6.45) is 0. The van der Waals surface area contributed by atoms with Gasteiger partial charge in [-0.05, 0) is 12.1 Å². The van der Waals surface area contributed by atoms with Crippen molar-refractivity contribution in [2.24, 2.45) is 0 Å². The number of hydrogen-bond acceptors (Lipinski definition) is 4. The summed E-state index contributed by atoms with van der Waals surface area (Å²) in [7, 11) is 1.52. The number of hydrogen-bond donors (Lipinski definition) is 1. The Morgan fingerprint density at radius 3 is 2.84 bits per heavy atom. The van der Waals surface area contributed by atoms with Crippen molar-refractivity contribution in [3.8, 4) is 6.07 Å². The molecule has 102 valence electrons. The van der Waals surface area contributed by atoms with Crippen molar-refractivity contribution >= 4 is 5.97 Å². The Morgan fingerprint density at radius 2 is 2.32 bits per heavy atom. The van der Waals surface area contributed by atoms with Gasteiger partial charge in [0.1, 0.15) is 5.82 Å². The van der Waals surface area contributed by atoms with Crippen LogP contribution in [-0.2, 0) is 16.1 Å². The summed E-state index contributed by atoms with van der Waals surface area (Å²) >= 11 is 0. The number of benzene rings is 1. The van der Waals surface area contributed by atoms with Crippen LogP contribution in [0.5, 0.6) is 0 Å². The minimum Gasteiger partial charge on any atom is -0.480 e. The molecule has 0 bridgehead atoms. The van der Waals surface area contributed by atoms with Gasteiger partial charge in [-0.2, -0.15) is 5.26 Å². The van der Waals surface area contributed by atoms with E-state index in [0.717, 1.165) is 6.07 Å². The van der Waals surface area contributed by atoms with Crippen LogP contribution in [0.25, 0.3) is 0 Å². The van der Waals surface area contributed by atoms with Crippen molar-refractivity contribution in [3.63, 3.8) is 0 Å². The third-order valence-corrected chi connectivity index (χ3v) is 2.55. The van der Waals surface area contributed by atoms with Crippen molar-refractivity contribution in [1.29, 1.82) is 5.26 Å². The van der Waals surface area contributed by atoms with Gasteiger partial charge in [-0.25, -0.2) is 4.39 Å². The van der Waals surface area contributed by atoms with Crippen LogP contribution < -0.4 is 0 Å². The number of carboxylic acids is 1. The zero-order valence-electron chi connectivity index (χ0n) is 10.6. The summed E-state index contributed by atoms with van der Waals surface area (Å²) in [4.78, 5) is 12.3. The Kier molecular flexibility index (Phi) is 5.93. The lowest BCUT2D eigenvalue weighted by molar-refractivity contribution is -0.138. The molecule has 1 aromatic carbocycles. The van der Waals surface area contributed by atoms with Gasteiger partial charge in [0.2, 0.25) is 0 Å². The smallest absolute Gasteiger partial charge is 0.317 e. The van der Waals surface area contributed by atoms with Crippen LogP contribution in [0.3, 0.4) is 0 Å². The Balaban J connectivity index is 2.77. The molecule has 0 atom stereocenters. The molecule has 0 aromatic heterocycles. The highest BCUT2D eigenvalue weighted by molar-refractivity contribution is 5.69. The summed E-state index contributed by atoms with van der Waals surface area (Å²) in [6.45, 7) is 0.726. The number of ether oxygens (including phenoxy) is 1. The molecule has 0 unspecified atom stereocenters. The minimum absolute atomic E-state index is 0.160. The largest absolute Gasteiger partial charge is 0.480 e. The van der Waals surface area contributed by atoms with E-state index in [-0.39, 0.29) is 18.7 Å². The minimum atomic E-state index is -0.981. The Bertz CT molecular complexity index is 485. The first kappa shape index (κ1) is 15.1. The van der Waals surface area contributed by atoms with Gasteiger partial charge in [-0.3, -0.25) is 9.69 Å². The van der Waals surface area contributed by atoms with Gasteiger partial charge in [-0.15, -0.1) is 0 Å². The fourth-order valence-electron chi connectivity index (χ4n) is 1.61. The molecule has 0 radical (unpaired) electrons. The molecule has 0 saturated carbocycles. The van der Waals surface area contributed by atoms with Gasteiger partial charge in [0.15, 0.2) is 0 Å². The first-order valence-electron chi connectivity index (χ1n) is 5.68. The molecular weight excluding hydrogens is 251 g/mol. The van der Waals surface area contributed by atoms with Crippen LogP contribution in [0.4, 0.5) is 4.39 Å². The van der Waals surface area contributed by atoms with Crippen molar-refractivity contribution in [1.82, 2.24) is 4.90 Å². The van der Waals surface area contributed by atoms with E-state index in [1.54, 1.807) is 4.90 Å².